The minimum absolute atomic E-state index is 0.305. The van der Waals surface area contributed by atoms with Crippen molar-refractivity contribution in [1.82, 2.24) is 4.90 Å². The van der Waals surface area contributed by atoms with E-state index in [-0.39, 0.29) is 11.9 Å². The van der Waals surface area contributed by atoms with Gasteiger partial charge in [-0.25, -0.2) is 0 Å². The Bertz CT molecular complexity index is 490. The highest BCUT2D eigenvalue weighted by molar-refractivity contribution is 5.80. The standard InChI is InChI=1S/C14H19N3O2/c15-14(18)12-9-19-7-6-17(12)8-11-3-1-2-10-4-5-16-13(10)11/h1-3,12,16H,4-9H2,(H2,15,18). The van der Waals surface area contributed by atoms with Crippen LogP contribution in [0.2, 0.25) is 0 Å². The summed E-state index contributed by atoms with van der Waals surface area (Å²) < 4.78 is 5.35. The van der Waals surface area contributed by atoms with Gasteiger partial charge in [0, 0.05) is 25.3 Å². The number of fused-ring (bicyclic) bond motifs is 1. The van der Waals surface area contributed by atoms with Gasteiger partial charge in [0.25, 0.3) is 0 Å². The molecule has 0 radical (unpaired) electrons. The number of ether oxygens (including phenoxy) is 1. The molecule has 0 bridgehead atoms. The number of morpholine rings is 1. The Labute approximate surface area is 112 Å². The van der Waals surface area contributed by atoms with Crippen molar-refractivity contribution in [2.24, 2.45) is 5.73 Å². The molecule has 2 aliphatic rings. The maximum absolute atomic E-state index is 11.5. The minimum Gasteiger partial charge on any atom is -0.384 e. The third kappa shape index (κ3) is 2.43. The molecule has 1 fully saturated rings. The van der Waals surface area contributed by atoms with E-state index < -0.39 is 0 Å². The molecule has 0 saturated carbocycles. The second kappa shape index (κ2) is 5.19. The summed E-state index contributed by atoms with van der Waals surface area (Å²) in [6.45, 7) is 3.54. The van der Waals surface area contributed by atoms with Gasteiger partial charge in [-0.1, -0.05) is 18.2 Å². The van der Waals surface area contributed by atoms with Crippen LogP contribution in [0.5, 0.6) is 0 Å². The van der Waals surface area contributed by atoms with E-state index in [4.69, 9.17) is 10.5 Å². The number of nitrogens with zero attached hydrogens (tertiary/aromatic N) is 1. The molecule has 19 heavy (non-hydrogen) atoms. The highest BCUT2D eigenvalue weighted by Gasteiger charge is 2.28. The normalized spacial score (nSPS) is 22.8. The highest BCUT2D eigenvalue weighted by Crippen LogP contribution is 2.28. The van der Waals surface area contributed by atoms with Gasteiger partial charge in [0.05, 0.1) is 13.2 Å². The number of carbonyl (C=O) groups is 1. The van der Waals surface area contributed by atoms with Gasteiger partial charge in [-0.3, -0.25) is 9.69 Å². The summed E-state index contributed by atoms with van der Waals surface area (Å²) in [6.07, 6.45) is 1.07. The van der Waals surface area contributed by atoms with Crippen molar-refractivity contribution in [1.29, 1.82) is 0 Å². The van der Waals surface area contributed by atoms with E-state index in [9.17, 15) is 4.79 Å². The molecule has 1 atom stereocenters. The number of carbonyl (C=O) groups excluding carboxylic acids is 1. The van der Waals surface area contributed by atoms with Gasteiger partial charge >= 0.3 is 0 Å². The Balaban J connectivity index is 1.80. The average molecular weight is 261 g/mol. The van der Waals surface area contributed by atoms with Gasteiger partial charge in [0.2, 0.25) is 5.91 Å². The van der Waals surface area contributed by atoms with Crippen molar-refractivity contribution in [2.45, 2.75) is 19.0 Å². The third-order valence-electron chi connectivity index (χ3n) is 3.87. The summed E-state index contributed by atoms with van der Waals surface area (Å²) >= 11 is 0. The van der Waals surface area contributed by atoms with Gasteiger partial charge in [0.1, 0.15) is 6.04 Å². The molecule has 102 valence electrons. The number of amides is 1. The van der Waals surface area contributed by atoms with E-state index in [2.05, 4.69) is 28.4 Å². The van der Waals surface area contributed by atoms with Crippen molar-refractivity contribution in [3.8, 4) is 0 Å². The second-order valence-corrected chi connectivity index (χ2v) is 5.09. The number of anilines is 1. The Morgan fingerprint density at radius 1 is 1.53 bits per heavy atom. The molecule has 3 N–H and O–H groups in total. The molecule has 2 aliphatic heterocycles. The molecule has 1 unspecified atom stereocenters. The summed E-state index contributed by atoms with van der Waals surface area (Å²) in [4.78, 5) is 13.6. The lowest BCUT2D eigenvalue weighted by Crippen LogP contribution is -2.51. The topological polar surface area (TPSA) is 67.6 Å². The molecular formula is C14H19N3O2. The number of benzene rings is 1. The van der Waals surface area contributed by atoms with Crippen LogP contribution in [0.4, 0.5) is 5.69 Å². The number of rotatable bonds is 3. The highest BCUT2D eigenvalue weighted by atomic mass is 16.5. The average Bonchev–Trinajstić information content (AvgIpc) is 2.88. The predicted molar refractivity (Wildman–Crippen MR) is 72.8 cm³/mol. The molecule has 1 amide bonds. The van der Waals surface area contributed by atoms with Crippen LogP contribution in [0.1, 0.15) is 11.1 Å². The van der Waals surface area contributed by atoms with Crippen LogP contribution >= 0.6 is 0 Å². The second-order valence-electron chi connectivity index (χ2n) is 5.09. The molecular weight excluding hydrogens is 242 g/mol. The van der Waals surface area contributed by atoms with E-state index in [1.807, 2.05) is 0 Å². The molecule has 1 aromatic rings. The third-order valence-corrected chi connectivity index (χ3v) is 3.87. The SMILES string of the molecule is NC(=O)C1COCCN1Cc1cccc2c1NCC2. The van der Waals surface area contributed by atoms with E-state index >= 15 is 0 Å². The van der Waals surface area contributed by atoms with Crippen LogP contribution < -0.4 is 11.1 Å². The largest absolute Gasteiger partial charge is 0.384 e. The number of nitrogens with one attached hydrogen (secondary N) is 1. The number of primary amides is 1. The van der Waals surface area contributed by atoms with Gasteiger partial charge in [0.15, 0.2) is 0 Å². The van der Waals surface area contributed by atoms with Crippen molar-refractivity contribution in [3.63, 3.8) is 0 Å². The van der Waals surface area contributed by atoms with Gasteiger partial charge < -0.3 is 15.8 Å². The summed E-state index contributed by atoms with van der Waals surface area (Å²) in [5.41, 5.74) is 9.28. The molecule has 3 rings (SSSR count). The van der Waals surface area contributed by atoms with Gasteiger partial charge in [-0.2, -0.15) is 0 Å². The summed E-state index contributed by atoms with van der Waals surface area (Å²) in [5.74, 6) is -0.305. The lowest BCUT2D eigenvalue weighted by molar-refractivity contribution is -0.129. The van der Waals surface area contributed by atoms with Crippen LogP contribution in [0, 0.1) is 0 Å². The Hall–Kier alpha value is -1.59. The molecule has 1 saturated heterocycles. The molecule has 5 heteroatoms. The zero-order valence-corrected chi connectivity index (χ0v) is 10.9. The molecule has 2 heterocycles. The molecule has 0 spiro atoms. The van der Waals surface area contributed by atoms with Crippen molar-refractivity contribution >= 4 is 11.6 Å². The lowest BCUT2D eigenvalue weighted by Gasteiger charge is -2.33. The Morgan fingerprint density at radius 2 is 2.42 bits per heavy atom. The monoisotopic (exact) mass is 261 g/mol. The molecule has 0 aromatic heterocycles. The van der Waals surface area contributed by atoms with Crippen molar-refractivity contribution in [2.75, 3.05) is 31.6 Å². The number of para-hydroxylation sites is 1. The first-order valence-corrected chi connectivity index (χ1v) is 6.71. The number of hydrogen-bond acceptors (Lipinski definition) is 4. The van der Waals surface area contributed by atoms with E-state index in [1.54, 1.807) is 0 Å². The number of hydrogen-bond donors (Lipinski definition) is 2. The van der Waals surface area contributed by atoms with E-state index in [0.29, 0.717) is 13.2 Å². The van der Waals surface area contributed by atoms with E-state index in [1.165, 1.54) is 16.8 Å². The first-order valence-electron chi connectivity index (χ1n) is 6.71. The van der Waals surface area contributed by atoms with Crippen LogP contribution in [-0.4, -0.2) is 43.2 Å². The van der Waals surface area contributed by atoms with Gasteiger partial charge in [-0.05, 0) is 17.5 Å². The molecule has 0 aliphatic carbocycles. The van der Waals surface area contributed by atoms with Crippen molar-refractivity contribution in [3.05, 3.63) is 29.3 Å². The maximum Gasteiger partial charge on any atom is 0.237 e. The first kappa shape index (κ1) is 12.4. The molecule has 1 aromatic carbocycles. The van der Waals surface area contributed by atoms with Crippen LogP contribution in [0.3, 0.4) is 0 Å². The van der Waals surface area contributed by atoms with Crippen molar-refractivity contribution < 1.29 is 9.53 Å². The van der Waals surface area contributed by atoms with E-state index in [0.717, 1.165) is 26.1 Å². The van der Waals surface area contributed by atoms with Crippen LogP contribution in [-0.2, 0) is 22.5 Å². The summed E-state index contributed by atoms with van der Waals surface area (Å²) in [6, 6.07) is 6.04. The fourth-order valence-electron chi connectivity index (χ4n) is 2.85. The Kier molecular flexibility index (Phi) is 3.40. The smallest absolute Gasteiger partial charge is 0.237 e. The Morgan fingerprint density at radius 3 is 3.26 bits per heavy atom. The summed E-state index contributed by atoms with van der Waals surface area (Å²) in [7, 11) is 0. The number of nitrogens with two attached hydrogens (primary N) is 1. The quantitative estimate of drug-likeness (QED) is 0.823. The van der Waals surface area contributed by atoms with Crippen LogP contribution in [0.25, 0.3) is 0 Å². The van der Waals surface area contributed by atoms with Crippen LogP contribution in [0.15, 0.2) is 18.2 Å². The minimum atomic E-state index is -0.314. The zero-order valence-electron chi connectivity index (χ0n) is 10.9. The lowest BCUT2D eigenvalue weighted by atomic mass is 10.1. The predicted octanol–water partition coefficient (Wildman–Crippen LogP) is 0.341. The molecule has 5 nitrogen and oxygen atoms in total. The summed E-state index contributed by atoms with van der Waals surface area (Å²) in [5, 5.41) is 3.43. The van der Waals surface area contributed by atoms with Gasteiger partial charge in [-0.15, -0.1) is 0 Å². The fourth-order valence-corrected chi connectivity index (χ4v) is 2.85. The first-order chi connectivity index (χ1) is 9.25. The maximum atomic E-state index is 11.5. The zero-order chi connectivity index (χ0) is 13.2. The fraction of sp³-hybridized carbons (Fsp3) is 0.500.